The number of aliphatic carboxylic acids is 1. The molecule has 0 radical (unpaired) electrons. The molecule has 2 rings (SSSR count). The number of hydrogen-bond donors (Lipinski definition) is 2. The quantitative estimate of drug-likeness (QED) is 0.876. The average molecular weight is 274 g/mol. The summed E-state index contributed by atoms with van der Waals surface area (Å²) in [6.07, 6.45) is 0.892. The van der Waals surface area contributed by atoms with Gasteiger partial charge in [0, 0.05) is 17.7 Å². The fourth-order valence-electron chi connectivity index (χ4n) is 2.25. The lowest BCUT2D eigenvalue weighted by molar-refractivity contribution is -0.136. The zero-order valence-electron chi connectivity index (χ0n) is 11.6. The molecule has 0 aliphatic carbocycles. The number of hydrogen-bond acceptors (Lipinski definition) is 2. The van der Waals surface area contributed by atoms with Crippen LogP contribution >= 0.6 is 0 Å². The third kappa shape index (κ3) is 2.82. The standard InChI is InChI=1S/C15H18N2O3/c1-3-13-12(7-8-14(18)19)15(20)17(16-13)11-6-4-5-10(2)9-11/h4-6,9,16H,3,7-8H2,1-2H3,(H,18,19). The van der Waals surface area contributed by atoms with Crippen molar-refractivity contribution in [1.82, 2.24) is 9.78 Å². The van der Waals surface area contributed by atoms with E-state index in [0.717, 1.165) is 16.9 Å². The zero-order valence-corrected chi connectivity index (χ0v) is 11.6. The predicted molar refractivity (Wildman–Crippen MR) is 76.5 cm³/mol. The lowest BCUT2D eigenvalue weighted by Gasteiger charge is -2.02. The van der Waals surface area contributed by atoms with E-state index in [9.17, 15) is 9.59 Å². The fraction of sp³-hybridized carbons (Fsp3) is 0.333. The van der Waals surface area contributed by atoms with E-state index in [0.29, 0.717) is 12.0 Å². The Morgan fingerprint density at radius 3 is 2.75 bits per heavy atom. The number of benzene rings is 1. The number of nitrogens with one attached hydrogen (secondary N) is 1. The Morgan fingerprint density at radius 2 is 2.15 bits per heavy atom. The maximum absolute atomic E-state index is 12.4. The van der Waals surface area contributed by atoms with Crippen molar-refractivity contribution in [2.24, 2.45) is 0 Å². The van der Waals surface area contributed by atoms with Crippen LogP contribution in [-0.4, -0.2) is 20.9 Å². The molecule has 2 N–H and O–H groups in total. The van der Waals surface area contributed by atoms with Gasteiger partial charge in [-0.25, -0.2) is 4.68 Å². The van der Waals surface area contributed by atoms with Crippen molar-refractivity contribution in [3.63, 3.8) is 0 Å². The molecule has 0 unspecified atom stereocenters. The van der Waals surface area contributed by atoms with Crippen molar-refractivity contribution < 1.29 is 9.90 Å². The van der Waals surface area contributed by atoms with Gasteiger partial charge in [-0.05, 0) is 37.5 Å². The van der Waals surface area contributed by atoms with Crippen molar-refractivity contribution in [3.8, 4) is 5.69 Å². The Labute approximate surface area is 116 Å². The second-order valence-corrected chi connectivity index (χ2v) is 4.80. The normalized spacial score (nSPS) is 10.7. The number of carboxylic acid groups (broad SMARTS) is 1. The number of aromatic nitrogens is 2. The molecule has 1 aromatic heterocycles. The first-order valence-corrected chi connectivity index (χ1v) is 6.64. The first kappa shape index (κ1) is 14.1. The highest BCUT2D eigenvalue weighted by molar-refractivity contribution is 5.67. The Hall–Kier alpha value is -2.30. The predicted octanol–water partition coefficient (Wildman–Crippen LogP) is 2.05. The van der Waals surface area contributed by atoms with Gasteiger partial charge in [-0.3, -0.25) is 14.7 Å². The van der Waals surface area contributed by atoms with Crippen LogP contribution in [0.2, 0.25) is 0 Å². The van der Waals surface area contributed by atoms with Gasteiger partial charge in [0.1, 0.15) is 0 Å². The van der Waals surface area contributed by atoms with E-state index in [1.54, 1.807) is 0 Å². The van der Waals surface area contributed by atoms with Crippen LogP contribution in [0.4, 0.5) is 0 Å². The Bertz CT molecular complexity index is 683. The number of carboxylic acids is 1. The third-order valence-electron chi connectivity index (χ3n) is 3.27. The lowest BCUT2D eigenvalue weighted by atomic mass is 10.1. The van der Waals surface area contributed by atoms with Gasteiger partial charge < -0.3 is 5.11 Å². The van der Waals surface area contributed by atoms with E-state index in [1.165, 1.54) is 4.68 Å². The van der Waals surface area contributed by atoms with E-state index < -0.39 is 5.97 Å². The molecule has 0 fully saturated rings. The molecule has 0 amide bonds. The monoisotopic (exact) mass is 274 g/mol. The summed E-state index contributed by atoms with van der Waals surface area (Å²) in [6, 6.07) is 7.62. The van der Waals surface area contributed by atoms with Crippen LogP contribution in [0, 0.1) is 6.92 Å². The van der Waals surface area contributed by atoms with Crippen LogP contribution in [0.3, 0.4) is 0 Å². The summed E-state index contributed by atoms with van der Waals surface area (Å²) in [5.74, 6) is -0.894. The van der Waals surface area contributed by atoms with Gasteiger partial charge in [-0.1, -0.05) is 19.1 Å². The van der Waals surface area contributed by atoms with Crippen LogP contribution in [0.1, 0.15) is 30.2 Å². The number of nitrogens with zero attached hydrogens (tertiary/aromatic N) is 1. The maximum Gasteiger partial charge on any atom is 0.303 e. The molecule has 0 bridgehead atoms. The summed E-state index contributed by atoms with van der Waals surface area (Å²) in [7, 11) is 0. The van der Waals surface area contributed by atoms with Crippen LogP contribution < -0.4 is 5.56 Å². The third-order valence-corrected chi connectivity index (χ3v) is 3.27. The van der Waals surface area contributed by atoms with Crippen molar-refractivity contribution in [3.05, 3.63) is 51.4 Å². The summed E-state index contributed by atoms with van der Waals surface area (Å²) in [5, 5.41) is 11.8. The smallest absolute Gasteiger partial charge is 0.303 e. The zero-order chi connectivity index (χ0) is 14.7. The van der Waals surface area contributed by atoms with E-state index in [-0.39, 0.29) is 18.4 Å². The van der Waals surface area contributed by atoms with Crippen LogP contribution in [-0.2, 0) is 17.6 Å². The van der Waals surface area contributed by atoms with Gasteiger partial charge in [0.2, 0.25) is 0 Å². The van der Waals surface area contributed by atoms with Crippen molar-refractivity contribution in [1.29, 1.82) is 0 Å². The van der Waals surface area contributed by atoms with E-state index in [1.807, 2.05) is 38.1 Å². The highest BCUT2D eigenvalue weighted by atomic mass is 16.4. The Kier molecular flexibility index (Phi) is 4.08. The van der Waals surface area contributed by atoms with Crippen molar-refractivity contribution in [2.45, 2.75) is 33.1 Å². The molecule has 2 aromatic rings. The molecule has 0 saturated heterocycles. The van der Waals surface area contributed by atoms with Crippen molar-refractivity contribution >= 4 is 5.97 Å². The Morgan fingerprint density at radius 1 is 1.40 bits per heavy atom. The maximum atomic E-state index is 12.4. The molecular formula is C15H18N2O3. The van der Waals surface area contributed by atoms with Gasteiger partial charge in [-0.2, -0.15) is 0 Å². The summed E-state index contributed by atoms with van der Waals surface area (Å²) >= 11 is 0. The van der Waals surface area contributed by atoms with Crippen LogP contribution in [0.5, 0.6) is 0 Å². The topological polar surface area (TPSA) is 75.1 Å². The van der Waals surface area contributed by atoms with Gasteiger partial charge in [0.15, 0.2) is 0 Å². The number of carbonyl (C=O) groups is 1. The average Bonchev–Trinajstić information content (AvgIpc) is 2.73. The van der Waals surface area contributed by atoms with Crippen LogP contribution in [0.15, 0.2) is 29.1 Å². The molecule has 0 atom stereocenters. The van der Waals surface area contributed by atoms with Crippen molar-refractivity contribution in [2.75, 3.05) is 0 Å². The molecule has 5 heteroatoms. The Balaban J connectivity index is 2.46. The lowest BCUT2D eigenvalue weighted by Crippen LogP contribution is -2.18. The minimum atomic E-state index is -0.894. The minimum absolute atomic E-state index is 0.0338. The molecule has 1 heterocycles. The minimum Gasteiger partial charge on any atom is -0.481 e. The SMILES string of the molecule is CCc1[nH]n(-c2cccc(C)c2)c(=O)c1CCC(=O)O. The summed E-state index contributed by atoms with van der Waals surface area (Å²) in [4.78, 5) is 23.1. The summed E-state index contributed by atoms with van der Waals surface area (Å²) in [6.45, 7) is 3.90. The highest BCUT2D eigenvalue weighted by Gasteiger charge is 2.15. The van der Waals surface area contributed by atoms with E-state index in [2.05, 4.69) is 5.10 Å². The highest BCUT2D eigenvalue weighted by Crippen LogP contribution is 2.11. The molecule has 0 aliphatic heterocycles. The van der Waals surface area contributed by atoms with Gasteiger partial charge in [-0.15, -0.1) is 0 Å². The second-order valence-electron chi connectivity index (χ2n) is 4.80. The molecule has 5 nitrogen and oxygen atoms in total. The molecule has 0 aliphatic rings. The largest absolute Gasteiger partial charge is 0.481 e. The van der Waals surface area contributed by atoms with Gasteiger partial charge in [0.05, 0.1) is 5.69 Å². The number of rotatable bonds is 5. The first-order chi connectivity index (χ1) is 9.52. The second kappa shape index (κ2) is 5.77. The van der Waals surface area contributed by atoms with E-state index in [4.69, 9.17) is 5.11 Å². The molecule has 20 heavy (non-hydrogen) atoms. The summed E-state index contributed by atoms with van der Waals surface area (Å²) in [5.41, 5.74) is 3.04. The number of aryl methyl sites for hydroxylation is 2. The van der Waals surface area contributed by atoms with Gasteiger partial charge >= 0.3 is 5.97 Å². The van der Waals surface area contributed by atoms with E-state index >= 15 is 0 Å². The molecular weight excluding hydrogens is 256 g/mol. The number of aromatic amines is 1. The van der Waals surface area contributed by atoms with Gasteiger partial charge in [0.25, 0.3) is 5.56 Å². The fourth-order valence-corrected chi connectivity index (χ4v) is 2.25. The van der Waals surface area contributed by atoms with Crippen LogP contribution in [0.25, 0.3) is 5.69 Å². The molecule has 1 aromatic carbocycles. The molecule has 0 saturated carbocycles. The summed E-state index contributed by atoms with van der Waals surface area (Å²) < 4.78 is 1.49. The molecule has 0 spiro atoms. The molecule has 106 valence electrons. The first-order valence-electron chi connectivity index (χ1n) is 6.64. The number of H-pyrrole nitrogens is 1.